The topological polar surface area (TPSA) is 75.0 Å². The predicted molar refractivity (Wildman–Crippen MR) is 107 cm³/mol. The number of nitrogens with zero attached hydrogens (tertiary/aromatic N) is 2. The van der Waals surface area contributed by atoms with Crippen LogP contribution in [0.5, 0.6) is 0 Å². The number of nitriles is 1. The predicted octanol–water partition coefficient (Wildman–Crippen LogP) is 4.31. The van der Waals surface area contributed by atoms with Gasteiger partial charge >= 0.3 is 12.1 Å². The first-order chi connectivity index (χ1) is 14.2. The molecule has 1 fully saturated rings. The van der Waals surface area contributed by atoms with Crippen molar-refractivity contribution in [3.8, 4) is 6.07 Å². The van der Waals surface area contributed by atoms with Gasteiger partial charge in [-0.3, -0.25) is 9.78 Å². The first-order valence-electron chi connectivity index (χ1n) is 9.05. The van der Waals surface area contributed by atoms with E-state index in [1.807, 2.05) is 6.07 Å². The Hall–Kier alpha value is -2.99. The summed E-state index contributed by atoms with van der Waals surface area (Å²) in [5, 5.41) is 10.4. The molecule has 30 heavy (non-hydrogen) atoms. The molecule has 1 saturated heterocycles. The number of ether oxygens (including phenoxy) is 1. The van der Waals surface area contributed by atoms with Crippen molar-refractivity contribution in [3.05, 3.63) is 70.5 Å². The van der Waals surface area contributed by atoms with Gasteiger partial charge < -0.3 is 10.1 Å². The van der Waals surface area contributed by atoms with E-state index in [1.165, 1.54) is 31.3 Å². The molecular weight excluding hydrogens is 415 g/mol. The molecule has 1 aliphatic heterocycles. The van der Waals surface area contributed by atoms with Gasteiger partial charge in [0.25, 0.3) is 0 Å². The Balaban J connectivity index is 2.25. The van der Waals surface area contributed by atoms with Crippen molar-refractivity contribution in [3.63, 3.8) is 0 Å². The van der Waals surface area contributed by atoms with Crippen LogP contribution in [0.1, 0.15) is 23.7 Å². The van der Waals surface area contributed by atoms with Crippen LogP contribution < -0.4 is 5.32 Å². The number of halogens is 3. The van der Waals surface area contributed by atoms with Crippen molar-refractivity contribution in [1.29, 1.82) is 5.26 Å². The van der Waals surface area contributed by atoms with Gasteiger partial charge in [0.05, 0.1) is 17.3 Å². The van der Waals surface area contributed by atoms with Crippen LogP contribution in [0.4, 0.5) is 13.2 Å². The summed E-state index contributed by atoms with van der Waals surface area (Å²) in [6.07, 6.45) is -3.42. The smallest absolute Gasteiger partial charge is 0.417 e. The van der Waals surface area contributed by atoms with Crippen LogP contribution in [-0.4, -0.2) is 29.0 Å². The van der Waals surface area contributed by atoms with Crippen LogP contribution in [0, 0.1) is 18.3 Å². The van der Waals surface area contributed by atoms with E-state index in [9.17, 15) is 23.2 Å². The minimum Gasteiger partial charge on any atom is -0.465 e. The van der Waals surface area contributed by atoms with Gasteiger partial charge in [0.2, 0.25) is 0 Å². The molecule has 0 saturated carbocycles. The molecule has 0 radical (unpaired) electrons. The maximum atomic E-state index is 14.6. The fourth-order valence-corrected chi connectivity index (χ4v) is 4.60. The number of carbonyl (C=O) groups is 1. The minimum atomic E-state index is -4.86. The third kappa shape index (κ3) is 3.75. The Labute approximate surface area is 175 Å². The first-order valence-corrected chi connectivity index (χ1v) is 9.93. The summed E-state index contributed by atoms with van der Waals surface area (Å²) in [6.45, 7) is 3.21. The zero-order valence-electron chi connectivity index (χ0n) is 16.2. The van der Waals surface area contributed by atoms with Gasteiger partial charge in [-0.05, 0) is 31.5 Å². The maximum Gasteiger partial charge on any atom is 0.417 e. The summed E-state index contributed by atoms with van der Waals surface area (Å²) in [5.74, 6) is -1.01. The Morgan fingerprint density at radius 3 is 2.53 bits per heavy atom. The molecule has 0 bridgehead atoms. The lowest BCUT2D eigenvalue weighted by Gasteiger charge is -2.36. The van der Waals surface area contributed by atoms with E-state index < -0.39 is 22.9 Å². The fourth-order valence-electron chi connectivity index (χ4n) is 3.20. The van der Waals surface area contributed by atoms with Crippen LogP contribution >= 0.6 is 11.8 Å². The summed E-state index contributed by atoms with van der Waals surface area (Å²) in [5.41, 5.74) is -1.99. The minimum absolute atomic E-state index is 0.0673. The molecular formula is C21H18F3N3O2S. The Kier molecular flexibility index (Phi) is 6.08. The highest BCUT2D eigenvalue weighted by Crippen LogP contribution is 2.54. The second-order valence-corrected chi connectivity index (χ2v) is 7.69. The van der Waals surface area contributed by atoms with Crippen molar-refractivity contribution in [2.45, 2.75) is 30.8 Å². The second-order valence-electron chi connectivity index (χ2n) is 6.58. The highest BCUT2D eigenvalue weighted by Gasteiger charge is 2.67. The zero-order chi connectivity index (χ0) is 21.9. The van der Waals surface area contributed by atoms with Gasteiger partial charge in [0.1, 0.15) is 16.9 Å². The molecule has 5 nitrogen and oxygen atoms in total. The van der Waals surface area contributed by atoms with Crippen LogP contribution in [0.3, 0.4) is 0 Å². The highest BCUT2D eigenvalue weighted by molar-refractivity contribution is 8.04. The molecule has 3 rings (SSSR count). The number of aromatic nitrogens is 1. The monoisotopic (exact) mass is 433 g/mol. The van der Waals surface area contributed by atoms with Crippen molar-refractivity contribution in [2.75, 3.05) is 6.61 Å². The number of aryl methyl sites for hydroxylation is 1. The van der Waals surface area contributed by atoms with Gasteiger partial charge in [0.15, 0.2) is 5.54 Å². The fraction of sp³-hybridized carbons (Fsp3) is 0.286. The summed E-state index contributed by atoms with van der Waals surface area (Å²) in [7, 11) is 0. The second kappa shape index (κ2) is 8.40. The molecule has 0 amide bonds. The number of pyridine rings is 1. The molecule has 1 aromatic carbocycles. The van der Waals surface area contributed by atoms with Crippen molar-refractivity contribution in [1.82, 2.24) is 10.3 Å². The SMILES string of the molecule is CCOC(=O)C1S/C(=C(/C#N)c2ccccn2)NC1(c1ccc(C)cc1)C(F)(F)F. The van der Waals surface area contributed by atoms with Crippen molar-refractivity contribution >= 4 is 23.3 Å². The molecule has 156 valence electrons. The number of hydrogen-bond acceptors (Lipinski definition) is 6. The van der Waals surface area contributed by atoms with Crippen LogP contribution in [0.15, 0.2) is 53.7 Å². The largest absolute Gasteiger partial charge is 0.465 e. The number of benzene rings is 1. The standard InChI is InChI=1S/C21H18F3N3O2S/c1-3-29-19(28)17-20(21(22,23)24,14-9-7-13(2)8-10-14)27-18(30-17)15(12-25)16-6-4-5-11-26-16/h4-11,17,27H,3H2,1-2H3/b18-15-. The van der Waals surface area contributed by atoms with E-state index in [2.05, 4.69) is 10.3 Å². The molecule has 1 N–H and O–H groups in total. The molecule has 1 aliphatic rings. The number of hydrogen-bond donors (Lipinski definition) is 1. The van der Waals surface area contributed by atoms with E-state index in [-0.39, 0.29) is 28.5 Å². The number of rotatable bonds is 4. The van der Waals surface area contributed by atoms with Crippen molar-refractivity contribution < 1.29 is 22.7 Å². The van der Waals surface area contributed by atoms with E-state index in [4.69, 9.17) is 4.74 Å². The van der Waals surface area contributed by atoms with E-state index in [0.717, 1.165) is 5.56 Å². The molecule has 0 aliphatic carbocycles. The number of thioether (sulfide) groups is 1. The third-order valence-corrected chi connectivity index (χ3v) is 5.98. The Bertz CT molecular complexity index is 1000. The van der Waals surface area contributed by atoms with Crippen molar-refractivity contribution in [2.24, 2.45) is 0 Å². The lowest BCUT2D eigenvalue weighted by atomic mass is 9.84. The van der Waals surface area contributed by atoms with E-state index >= 15 is 0 Å². The molecule has 1 aromatic heterocycles. The van der Waals surface area contributed by atoms with Crippen LogP contribution in [0.25, 0.3) is 5.57 Å². The Morgan fingerprint density at radius 1 is 1.30 bits per heavy atom. The lowest BCUT2D eigenvalue weighted by Crippen LogP contribution is -2.58. The summed E-state index contributed by atoms with van der Waals surface area (Å²) in [6, 6.07) is 12.4. The number of alkyl halides is 3. The van der Waals surface area contributed by atoms with Crippen LogP contribution in [0.2, 0.25) is 0 Å². The van der Waals surface area contributed by atoms with Crippen LogP contribution in [-0.2, 0) is 15.1 Å². The van der Waals surface area contributed by atoms with Gasteiger partial charge in [-0.25, -0.2) is 0 Å². The number of carbonyl (C=O) groups excluding carboxylic acids is 1. The molecule has 2 atom stereocenters. The molecule has 0 spiro atoms. The maximum absolute atomic E-state index is 14.6. The normalized spacial score (nSPS) is 22.7. The molecule has 2 aromatic rings. The summed E-state index contributed by atoms with van der Waals surface area (Å²) in [4.78, 5) is 16.7. The first kappa shape index (κ1) is 21.7. The lowest BCUT2D eigenvalue weighted by molar-refractivity contribution is -0.201. The average molecular weight is 433 g/mol. The average Bonchev–Trinajstić information content (AvgIpc) is 3.12. The third-order valence-electron chi connectivity index (χ3n) is 4.65. The zero-order valence-corrected chi connectivity index (χ0v) is 17.0. The molecule has 9 heteroatoms. The van der Waals surface area contributed by atoms with Gasteiger partial charge in [0, 0.05) is 6.20 Å². The quantitative estimate of drug-likeness (QED) is 0.572. The van der Waals surface area contributed by atoms with E-state index in [0.29, 0.717) is 11.8 Å². The Morgan fingerprint density at radius 2 is 2.00 bits per heavy atom. The highest BCUT2D eigenvalue weighted by atomic mass is 32.2. The van der Waals surface area contributed by atoms with Gasteiger partial charge in [-0.2, -0.15) is 18.4 Å². The molecule has 2 unspecified atom stereocenters. The van der Waals surface area contributed by atoms with Gasteiger partial charge in [-0.1, -0.05) is 47.7 Å². The number of nitrogens with one attached hydrogen (secondary N) is 1. The van der Waals surface area contributed by atoms with E-state index in [1.54, 1.807) is 31.2 Å². The summed E-state index contributed by atoms with van der Waals surface area (Å²) >= 11 is 0.631. The molecule has 2 heterocycles. The number of allylic oxidation sites excluding steroid dienone is 1. The van der Waals surface area contributed by atoms with Gasteiger partial charge in [-0.15, -0.1) is 0 Å². The summed E-state index contributed by atoms with van der Waals surface area (Å²) < 4.78 is 48.7. The number of esters is 1.